The molecule has 0 aromatic heterocycles. The van der Waals surface area contributed by atoms with Gasteiger partial charge in [0.1, 0.15) is 0 Å². The van der Waals surface area contributed by atoms with Gasteiger partial charge in [0.25, 0.3) is 0 Å². The third kappa shape index (κ3) is 2.15. The first kappa shape index (κ1) is 8.96. The van der Waals surface area contributed by atoms with Crippen LogP contribution in [0.4, 0.5) is 0 Å². The highest BCUT2D eigenvalue weighted by Gasteiger charge is 2.27. The minimum atomic E-state index is -3.02. The van der Waals surface area contributed by atoms with Crippen molar-refractivity contribution in [3.8, 4) is 0 Å². The Morgan fingerprint density at radius 3 is 2.82 bits per heavy atom. The minimum absolute atomic E-state index is 0.220. The van der Waals surface area contributed by atoms with Gasteiger partial charge in [-0.05, 0) is 13.0 Å². The van der Waals surface area contributed by atoms with Gasteiger partial charge in [-0.1, -0.05) is 6.92 Å². The Kier molecular flexibility index (Phi) is 2.86. The van der Waals surface area contributed by atoms with Crippen molar-refractivity contribution in [2.75, 3.05) is 19.6 Å². The maximum absolute atomic E-state index is 11.3. The van der Waals surface area contributed by atoms with E-state index in [9.17, 15) is 8.42 Å². The topological polar surface area (TPSA) is 58.2 Å². The second-order valence-electron chi connectivity index (χ2n) is 2.66. The predicted molar refractivity (Wildman–Crippen MR) is 43.9 cm³/mol. The van der Waals surface area contributed by atoms with Gasteiger partial charge in [0, 0.05) is 13.1 Å². The Labute approximate surface area is 67.4 Å². The van der Waals surface area contributed by atoms with Gasteiger partial charge in [-0.2, -0.15) is 0 Å². The van der Waals surface area contributed by atoms with E-state index in [1.54, 1.807) is 6.92 Å². The molecule has 11 heavy (non-hydrogen) atoms. The molecule has 1 aliphatic rings. The van der Waals surface area contributed by atoms with Gasteiger partial charge in [0.15, 0.2) is 0 Å². The SMILES string of the molecule is CCNS(=O)(=O)[C@@H]1CCNC1. The Morgan fingerprint density at radius 1 is 1.64 bits per heavy atom. The molecule has 0 aromatic rings. The first-order valence-corrected chi connectivity index (χ1v) is 5.40. The summed E-state index contributed by atoms with van der Waals surface area (Å²) in [6, 6.07) is 0. The van der Waals surface area contributed by atoms with Crippen molar-refractivity contribution < 1.29 is 8.42 Å². The Morgan fingerprint density at radius 2 is 2.36 bits per heavy atom. The van der Waals surface area contributed by atoms with Crippen LogP contribution < -0.4 is 10.0 Å². The maximum atomic E-state index is 11.3. The predicted octanol–water partition coefficient (Wildman–Crippen LogP) is -0.712. The molecule has 1 rings (SSSR count). The van der Waals surface area contributed by atoms with Crippen LogP contribution in [0.2, 0.25) is 0 Å². The average Bonchev–Trinajstić information content (AvgIpc) is 2.37. The van der Waals surface area contributed by atoms with Crippen molar-refractivity contribution >= 4 is 10.0 Å². The number of rotatable bonds is 3. The van der Waals surface area contributed by atoms with Crippen LogP contribution in [-0.4, -0.2) is 33.3 Å². The minimum Gasteiger partial charge on any atom is -0.315 e. The molecule has 1 fully saturated rings. The molecular formula is C6H14N2O2S. The molecule has 2 N–H and O–H groups in total. The molecule has 0 bridgehead atoms. The van der Waals surface area contributed by atoms with Gasteiger partial charge in [-0.25, -0.2) is 13.1 Å². The lowest BCUT2D eigenvalue weighted by Crippen LogP contribution is -2.35. The summed E-state index contributed by atoms with van der Waals surface area (Å²) < 4.78 is 25.1. The summed E-state index contributed by atoms with van der Waals surface area (Å²) in [4.78, 5) is 0. The van der Waals surface area contributed by atoms with E-state index < -0.39 is 10.0 Å². The molecule has 0 spiro atoms. The fourth-order valence-corrected chi connectivity index (χ4v) is 2.62. The first-order chi connectivity index (χ1) is 5.17. The number of hydrogen-bond acceptors (Lipinski definition) is 3. The van der Waals surface area contributed by atoms with Gasteiger partial charge in [-0.3, -0.25) is 0 Å². The monoisotopic (exact) mass is 178 g/mol. The zero-order valence-corrected chi connectivity index (χ0v) is 7.45. The zero-order chi connectivity index (χ0) is 8.32. The third-order valence-corrected chi connectivity index (χ3v) is 3.77. The maximum Gasteiger partial charge on any atom is 0.215 e. The van der Waals surface area contributed by atoms with E-state index >= 15 is 0 Å². The molecule has 0 aliphatic carbocycles. The summed E-state index contributed by atoms with van der Waals surface area (Å²) in [6.07, 6.45) is 0.731. The lowest BCUT2D eigenvalue weighted by molar-refractivity contribution is 0.570. The number of sulfonamides is 1. The van der Waals surface area contributed by atoms with Crippen LogP contribution in [-0.2, 0) is 10.0 Å². The van der Waals surface area contributed by atoms with Crippen LogP contribution in [0.3, 0.4) is 0 Å². The summed E-state index contributed by atoms with van der Waals surface area (Å²) in [5.41, 5.74) is 0. The normalized spacial score (nSPS) is 25.7. The van der Waals surface area contributed by atoms with Crippen LogP contribution >= 0.6 is 0 Å². The highest BCUT2D eigenvalue weighted by molar-refractivity contribution is 7.90. The molecular weight excluding hydrogens is 164 g/mol. The quantitative estimate of drug-likeness (QED) is 0.600. The lowest BCUT2D eigenvalue weighted by atomic mass is 10.4. The molecule has 4 nitrogen and oxygen atoms in total. The molecule has 0 aromatic carbocycles. The van der Waals surface area contributed by atoms with Gasteiger partial charge in [0.05, 0.1) is 5.25 Å². The Bertz CT molecular complexity index is 207. The Balaban J connectivity index is 2.56. The largest absolute Gasteiger partial charge is 0.315 e. The van der Waals surface area contributed by atoms with E-state index in [0.717, 1.165) is 13.0 Å². The van der Waals surface area contributed by atoms with Crippen LogP contribution in [0.15, 0.2) is 0 Å². The van der Waals surface area contributed by atoms with Crippen molar-refractivity contribution in [3.63, 3.8) is 0 Å². The molecule has 1 heterocycles. The van der Waals surface area contributed by atoms with E-state index in [4.69, 9.17) is 0 Å². The summed E-state index contributed by atoms with van der Waals surface area (Å²) >= 11 is 0. The van der Waals surface area contributed by atoms with E-state index in [1.807, 2.05) is 0 Å². The first-order valence-electron chi connectivity index (χ1n) is 3.86. The van der Waals surface area contributed by atoms with E-state index in [2.05, 4.69) is 10.0 Å². The van der Waals surface area contributed by atoms with Gasteiger partial charge in [0.2, 0.25) is 10.0 Å². The standard InChI is InChI=1S/C6H14N2O2S/c1-2-8-11(9,10)6-3-4-7-5-6/h6-8H,2-5H2,1H3/t6-/m1/s1. The molecule has 5 heteroatoms. The van der Waals surface area contributed by atoms with Gasteiger partial charge in [-0.15, -0.1) is 0 Å². The molecule has 1 saturated heterocycles. The summed E-state index contributed by atoms with van der Waals surface area (Å²) in [5, 5.41) is 2.80. The second-order valence-corrected chi connectivity index (χ2v) is 4.70. The molecule has 1 aliphatic heterocycles. The molecule has 1 atom stereocenters. The van der Waals surface area contributed by atoms with Crippen molar-refractivity contribution in [1.82, 2.24) is 10.0 Å². The van der Waals surface area contributed by atoms with E-state index in [-0.39, 0.29) is 5.25 Å². The highest BCUT2D eigenvalue weighted by atomic mass is 32.2. The molecule has 66 valence electrons. The molecule has 0 radical (unpaired) electrons. The molecule has 0 unspecified atom stereocenters. The van der Waals surface area contributed by atoms with Crippen LogP contribution in [0.25, 0.3) is 0 Å². The zero-order valence-electron chi connectivity index (χ0n) is 6.63. The number of hydrogen-bond donors (Lipinski definition) is 2. The van der Waals surface area contributed by atoms with Crippen molar-refractivity contribution in [1.29, 1.82) is 0 Å². The van der Waals surface area contributed by atoms with Crippen LogP contribution in [0.1, 0.15) is 13.3 Å². The smallest absolute Gasteiger partial charge is 0.215 e. The lowest BCUT2D eigenvalue weighted by Gasteiger charge is -2.09. The fraction of sp³-hybridized carbons (Fsp3) is 1.00. The van der Waals surface area contributed by atoms with Crippen LogP contribution in [0.5, 0.6) is 0 Å². The average molecular weight is 178 g/mol. The van der Waals surface area contributed by atoms with Crippen molar-refractivity contribution in [3.05, 3.63) is 0 Å². The highest BCUT2D eigenvalue weighted by Crippen LogP contribution is 2.07. The summed E-state index contributed by atoms with van der Waals surface area (Å²) in [5.74, 6) is 0. The number of nitrogens with one attached hydrogen (secondary N) is 2. The van der Waals surface area contributed by atoms with Gasteiger partial charge < -0.3 is 5.32 Å². The van der Waals surface area contributed by atoms with Crippen LogP contribution in [0, 0.1) is 0 Å². The van der Waals surface area contributed by atoms with Crippen molar-refractivity contribution in [2.45, 2.75) is 18.6 Å². The summed E-state index contributed by atoms with van der Waals surface area (Å²) in [6.45, 7) is 3.68. The fourth-order valence-electron chi connectivity index (χ4n) is 1.21. The Hall–Kier alpha value is -0.130. The third-order valence-electron chi connectivity index (χ3n) is 1.80. The van der Waals surface area contributed by atoms with E-state index in [0.29, 0.717) is 13.1 Å². The van der Waals surface area contributed by atoms with Gasteiger partial charge >= 0.3 is 0 Å². The van der Waals surface area contributed by atoms with E-state index in [1.165, 1.54) is 0 Å². The summed E-state index contributed by atoms with van der Waals surface area (Å²) in [7, 11) is -3.02. The second kappa shape index (κ2) is 3.51. The van der Waals surface area contributed by atoms with Crippen molar-refractivity contribution in [2.24, 2.45) is 0 Å². The molecule has 0 amide bonds. The molecule has 0 saturated carbocycles.